The Bertz CT molecular complexity index is 712. The number of nitrogens with zero attached hydrogens (tertiary/aromatic N) is 3. The van der Waals surface area contributed by atoms with E-state index >= 15 is 0 Å². The number of Topliss-reactive ketones (excluding diaryl/α,β-unsaturated/α-hetero) is 1. The SMILES string of the molecule is CCn1ccnc1Cn1c2c(ccc1=O)C(=O)CCC2. The quantitative estimate of drug-likeness (QED) is 0.852. The molecule has 0 unspecified atom stereocenters. The number of carbonyl (C=O) groups excluding carboxylic acids is 1. The Balaban J connectivity index is 2.07. The van der Waals surface area contributed by atoms with Crippen molar-refractivity contribution in [3.05, 3.63) is 52.0 Å². The van der Waals surface area contributed by atoms with Gasteiger partial charge in [-0.3, -0.25) is 9.59 Å². The van der Waals surface area contributed by atoms with E-state index in [2.05, 4.69) is 4.98 Å². The molecule has 2 heterocycles. The summed E-state index contributed by atoms with van der Waals surface area (Å²) in [6.07, 6.45) is 5.82. The summed E-state index contributed by atoms with van der Waals surface area (Å²) < 4.78 is 3.71. The van der Waals surface area contributed by atoms with Gasteiger partial charge in [0, 0.05) is 42.7 Å². The van der Waals surface area contributed by atoms with Crippen LogP contribution in [0.5, 0.6) is 0 Å². The standard InChI is InChI=1S/C15H17N3O2/c1-2-17-9-8-16-14(17)10-18-12-4-3-5-13(19)11(12)6-7-15(18)20/h6-9H,2-5,10H2,1H3. The van der Waals surface area contributed by atoms with E-state index in [1.165, 1.54) is 6.07 Å². The van der Waals surface area contributed by atoms with Crippen LogP contribution >= 0.6 is 0 Å². The summed E-state index contributed by atoms with van der Waals surface area (Å²) >= 11 is 0. The average molecular weight is 271 g/mol. The zero-order valence-corrected chi connectivity index (χ0v) is 11.5. The zero-order valence-electron chi connectivity index (χ0n) is 11.5. The number of fused-ring (bicyclic) bond motifs is 1. The fourth-order valence-electron chi connectivity index (χ4n) is 2.79. The normalized spacial score (nSPS) is 14.3. The molecule has 3 rings (SSSR count). The number of aryl methyl sites for hydroxylation is 1. The minimum atomic E-state index is -0.0656. The van der Waals surface area contributed by atoms with E-state index in [0.717, 1.165) is 30.9 Å². The lowest BCUT2D eigenvalue weighted by Gasteiger charge is -2.20. The van der Waals surface area contributed by atoms with E-state index in [0.29, 0.717) is 18.5 Å². The van der Waals surface area contributed by atoms with Crippen molar-refractivity contribution in [2.45, 2.75) is 39.3 Å². The molecular weight excluding hydrogens is 254 g/mol. The van der Waals surface area contributed by atoms with Gasteiger partial charge in [-0.15, -0.1) is 0 Å². The summed E-state index contributed by atoms with van der Waals surface area (Å²) in [5, 5.41) is 0. The molecular formula is C15H17N3O2. The minimum absolute atomic E-state index is 0.0656. The third-order valence-corrected chi connectivity index (χ3v) is 3.86. The van der Waals surface area contributed by atoms with Crippen LogP contribution in [-0.4, -0.2) is 19.9 Å². The number of pyridine rings is 1. The first kappa shape index (κ1) is 12.8. The molecule has 0 fully saturated rings. The summed E-state index contributed by atoms with van der Waals surface area (Å²) in [5.74, 6) is 0.986. The Morgan fingerprint density at radius 3 is 2.90 bits per heavy atom. The molecule has 0 amide bonds. The van der Waals surface area contributed by atoms with Crippen LogP contribution in [0.3, 0.4) is 0 Å². The molecule has 1 aliphatic rings. The molecule has 5 heteroatoms. The number of imidazole rings is 1. The second-order valence-corrected chi connectivity index (χ2v) is 5.02. The third-order valence-electron chi connectivity index (χ3n) is 3.86. The molecule has 0 spiro atoms. The van der Waals surface area contributed by atoms with Crippen LogP contribution in [0.1, 0.15) is 41.6 Å². The summed E-state index contributed by atoms with van der Waals surface area (Å²) in [4.78, 5) is 28.4. The van der Waals surface area contributed by atoms with Crippen LogP contribution < -0.4 is 5.56 Å². The van der Waals surface area contributed by atoms with Crippen LogP contribution in [0, 0.1) is 0 Å². The molecule has 0 N–H and O–H groups in total. The molecule has 104 valence electrons. The number of hydrogen-bond donors (Lipinski definition) is 0. The summed E-state index contributed by atoms with van der Waals surface area (Å²) in [7, 11) is 0. The lowest BCUT2D eigenvalue weighted by atomic mass is 9.94. The van der Waals surface area contributed by atoms with Crippen LogP contribution in [0.25, 0.3) is 0 Å². The van der Waals surface area contributed by atoms with E-state index in [-0.39, 0.29) is 11.3 Å². The molecule has 2 aromatic heterocycles. The van der Waals surface area contributed by atoms with Gasteiger partial charge in [0.1, 0.15) is 5.82 Å². The van der Waals surface area contributed by atoms with Crippen molar-refractivity contribution >= 4 is 5.78 Å². The van der Waals surface area contributed by atoms with Gasteiger partial charge in [-0.25, -0.2) is 4.98 Å². The van der Waals surface area contributed by atoms with Crippen molar-refractivity contribution < 1.29 is 4.79 Å². The number of carbonyl (C=O) groups is 1. The maximum absolute atomic E-state index is 12.1. The van der Waals surface area contributed by atoms with E-state index in [9.17, 15) is 9.59 Å². The van der Waals surface area contributed by atoms with E-state index in [1.54, 1.807) is 16.8 Å². The molecule has 0 radical (unpaired) electrons. The first-order valence-corrected chi connectivity index (χ1v) is 6.96. The predicted molar refractivity (Wildman–Crippen MR) is 75.0 cm³/mol. The smallest absolute Gasteiger partial charge is 0.251 e. The summed E-state index contributed by atoms with van der Waals surface area (Å²) in [6, 6.07) is 3.16. The van der Waals surface area contributed by atoms with Gasteiger partial charge in [-0.1, -0.05) is 0 Å². The van der Waals surface area contributed by atoms with Gasteiger partial charge in [0.05, 0.1) is 6.54 Å². The lowest BCUT2D eigenvalue weighted by molar-refractivity contribution is 0.0970. The van der Waals surface area contributed by atoms with Crippen LogP contribution in [0.2, 0.25) is 0 Å². The molecule has 20 heavy (non-hydrogen) atoms. The van der Waals surface area contributed by atoms with Gasteiger partial charge in [0.2, 0.25) is 0 Å². The first-order valence-electron chi connectivity index (χ1n) is 6.96. The van der Waals surface area contributed by atoms with Gasteiger partial charge in [-0.2, -0.15) is 0 Å². The predicted octanol–water partition coefficient (Wildman–Crippen LogP) is 1.63. The minimum Gasteiger partial charge on any atom is -0.334 e. The maximum Gasteiger partial charge on any atom is 0.251 e. The van der Waals surface area contributed by atoms with Crippen molar-refractivity contribution in [1.82, 2.24) is 14.1 Å². The second kappa shape index (κ2) is 5.07. The molecule has 0 aromatic carbocycles. The molecule has 0 aliphatic heterocycles. The highest BCUT2D eigenvalue weighted by atomic mass is 16.1. The van der Waals surface area contributed by atoms with Crippen molar-refractivity contribution in [3.8, 4) is 0 Å². The molecule has 5 nitrogen and oxygen atoms in total. The fourth-order valence-corrected chi connectivity index (χ4v) is 2.79. The highest BCUT2D eigenvalue weighted by Gasteiger charge is 2.21. The molecule has 0 saturated heterocycles. The van der Waals surface area contributed by atoms with Gasteiger partial charge in [0.25, 0.3) is 5.56 Å². The maximum atomic E-state index is 12.1. The first-order chi connectivity index (χ1) is 9.70. The Labute approximate surface area is 116 Å². The highest BCUT2D eigenvalue weighted by Crippen LogP contribution is 2.20. The molecule has 1 aliphatic carbocycles. The largest absolute Gasteiger partial charge is 0.334 e. The Hall–Kier alpha value is -2.17. The van der Waals surface area contributed by atoms with Crippen molar-refractivity contribution in [2.75, 3.05) is 0 Å². The van der Waals surface area contributed by atoms with Gasteiger partial charge >= 0.3 is 0 Å². The van der Waals surface area contributed by atoms with Crippen molar-refractivity contribution in [2.24, 2.45) is 0 Å². The highest BCUT2D eigenvalue weighted by molar-refractivity contribution is 5.97. The monoisotopic (exact) mass is 271 g/mol. The number of rotatable bonds is 3. The van der Waals surface area contributed by atoms with Crippen LogP contribution in [-0.2, 0) is 19.5 Å². The summed E-state index contributed by atoms with van der Waals surface area (Å²) in [5.41, 5.74) is 1.49. The number of ketones is 1. The fraction of sp³-hybridized carbons (Fsp3) is 0.400. The average Bonchev–Trinajstić information content (AvgIpc) is 2.89. The third kappa shape index (κ3) is 2.09. The summed E-state index contributed by atoms with van der Waals surface area (Å²) in [6.45, 7) is 3.28. The Morgan fingerprint density at radius 1 is 1.25 bits per heavy atom. The van der Waals surface area contributed by atoms with E-state index in [4.69, 9.17) is 0 Å². The van der Waals surface area contributed by atoms with E-state index < -0.39 is 0 Å². The van der Waals surface area contributed by atoms with Crippen LogP contribution in [0.15, 0.2) is 29.3 Å². The molecule has 2 aromatic rings. The molecule has 0 bridgehead atoms. The number of hydrogen-bond acceptors (Lipinski definition) is 3. The number of aromatic nitrogens is 3. The zero-order chi connectivity index (χ0) is 14.1. The lowest BCUT2D eigenvalue weighted by Crippen LogP contribution is -2.29. The van der Waals surface area contributed by atoms with Gasteiger partial charge in [-0.05, 0) is 25.8 Å². The van der Waals surface area contributed by atoms with Gasteiger partial charge < -0.3 is 9.13 Å². The molecule has 0 saturated carbocycles. The van der Waals surface area contributed by atoms with Crippen LogP contribution in [0.4, 0.5) is 0 Å². The topological polar surface area (TPSA) is 56.9 Å². The van der Waals surface area contributed by atoms with Gasteiger partial charge in [0.15, 0.2) is 5.78 Å². The Morgan fingerprint density at radius 2 is 2.10 bits per heavy atom. The molecule has 0 atom stereocenters. The second-order valence-electron chi connectivity index (χ2n) is 5.02. The Kier molecular flexibility index (Phi) is 3.26. The van der Waals surface area contributed by atoms with Crippen molar-refractivity contribution in [1.29, 1.82) is 0 Å². The van der Waals surface area contributed by atoms with E-state index in [1.807, 2.05) is 17.7 Å². The van der Waals surface area contributed by atoms with Crippen molar-refractivity contribution in [3.63, 3.8) is 0 Å².